The molecule has 0 bridgehead atoms. The number of alkyl halides is 6. The zero-order chi connectivity index (χ0) is 19.1. The molecule has 1 N–H and O–H groups in total. The van der Waals surface area contributed by atoms with Crippen molar-refractivity contribution in [3.05, 3.63) is 29.8 Å². The quantitative estimate of drug-likeness (QED) is 0.558. The van der Waals surface area contributed by atoms with E-state index in [1.807, 2.05) is 0 Å². The van der Waals surface area contributed by atoms with Gasteiger partial charge in [-0.2, -0.15) is 26.3 Å². The molecule has 1 nitrogen and oxygen atoms in total. The Balaban J connectivity index is 2.38. The molecule has 2 rings (SSSR count). The largest absolute Gasteiger partial charge is 0.430 e. The van der Waals surface area contributed by atoms with Crippen molar-refractivity contribution >= 4 is 13.3 Å². The van der Waals surface area contributed by atoms with Gasteiger partial charge >= 0.3 is 12.4 Å². The number of aliphatic hydroxyl groups is 1. The van der Waals surface area contributed by atoms with Gasteiger partial charge in [-0.25, -0.2) is 0 Å². The summed E-state index contributed by atoms with van der Waals surface area (Å²) in [5, 5.41) is 10.3. The number of benzene rings is 1. The van der Waals surface area contributed by atoms with Crippen LogP contribution in [0.3, 0.4) is 0 Å². The molecule has 0 saturated heterocycles. The van der Waals surface area contributed by atoms with Crippen LogP contribution >= 0.6 is 0 Å². The van der Waals surface area contributed by atoms with Crippen LogP contribution in [0.5, 0.6) is 0 Å². The maximum atomic E-state index is 12.9. The van der Waals surface area contributed by atoms with Gasteiger partial charge in [0.1, 0.15) is 0 Å². The molecule has 8 heteroatoms. The van der Waals surface area contributed by atoms with Gasteiger partial charge in [0.05, 0.1) is 8.07 Å². The second-order valence-corrected chi connectivity index (χ2v) is 12.2. The molecule has 1 aliphatic rings. The summed E-state index contributed by atoms with van der Waals surface area (Å²) < 4.78 is 77.7. The first-order valence-electron chi connectivity index (χ1n) is 8.28. The highest BCUT2D eigenvalue weighted by Crippen LogP contribution is 2.50. The lowest BCUT2D eigenvalue weighted by molar-refractivity contribution is -0.376. The summed E-state index contributed by atoms with van der Waals surface area (Å²) in [5.74, 6) is 0. The first kappa shape index (κ1) is 20.3. The Hall–Kier alpha value is -1.02. The smallest absolute Gasteiger partial charge is 0.369 e. The van der Waals surface area contributed by atoms with Crippen LogP contribution in [-0.2, 0) is 5.60 Å². The highest BCUT2D eigenvalue weighted by atomic mass is 28.3. The highest BCUT2D eigenvalue weighted by molar-refractivity contribution is 6.91. The lowest BCUT2D eigenvalue weighted by Crippen LogP contribution is -2.54. The Morgan fingerprint density at radius 2 is 1.28 bits per heavy atom. The molecule has 0 aliphatic heterocycles. The monoisotopic (exact) mass is 384 g/mol. The van der Waals surface area contributed by atoms with Gasteiger partial charge < -0.3 is 5.11 Å². The highest BCUT2D eigenvalue weighted by Gasteiger charge is 2.71. The Bertz CT molecular complexity index is 571. The first-order chi connectivity index (χ1) is 11.3. The van der Waals surface area contributed by atoms with Crippen LogP contribution in [0.2, 0.25) is 18.6 Å². The summed E-state index contributed by atoms with van der Waals surface area (Å²) in [6.45, 7) is 4.19. The van der Waals surface area contributed by atoms with Crippen LogP contribution < -0.4 is 5.19 Å². The summed E-state index contributed by atoms with van der Waals surface area (Å²) >= 11 is 0. The summed E-state index contributed by atoms with van der Waals surface area (Å²) in [5.41, 5.74) is -5.57. The van der Waals surface area contributed by atoms with E-state index in [0.29, 0.717) is 5.54 Å². The van der Waals surface area contributed by atoms with E-state index in [1.54, 1.807) is 0 Å². The Morgan fingerprint density at radius 3 is 1.68 bits per heavy atom. The number of rotatable bonds is 3. The molecule has 0 radical (unpaired) electrons. The molecule has 1 aromatic rings. The lowest BCUT2D eigenvalue weighted by Gasteiger charge is -2.36. The van der Waals surface area contributed by atoms with Crippen LogP contribution in [-0.4, -0.2) is 25.5 Å². The van der Waals surface area contributed by atoms with E-state index in [0.717, 1.165) is 43.0 Å². The van der Waals surface area contributed by atoms with Crippen LogP contribution in [0.1, 0.15) is 37.7 Å². The molecular weight excluding hydrogens is 362 g/mol. The van der Waals surface area contributed by atoms with Gasteiger partial charge in [-0.3, -0.25) is 0 Å². The molecule has 0 unspecified atom stereocenters. The predicted molar refractivity (Wildman–Crippen MR) is 86.4 cm³/mol. The zero-order valence-electron chi connectivity index (χ0n) is 14.1. The molecule has 0 heterocycles. The van der Waals surface area contributed by atoms with Gasteiger partial charge in [0, 0.05) is 5.56 Å². The molecule has 1 fully saturated rings. The van der Waals surface area contributed by atoms with Crippen molar-refractivity contribution in [1.29, 1.82) is 0 Å². The van der Waals surface area contributed by atoms with E-state index in [9.17, 15) is 31.4 Å². The maximum Gasteiger partial charge on any atom is 0.430 e. The standard InChI is InChI=1S/C17H22F6OSi/c1-25(2,13-6-4-3-5-7-13)14-10-8-12(9-11-14)15(24,16(18,19)20)17(21,22)23/h8-11,13,24H,3-7H2,1-2H3. The van der Waals surface area contributed by atoms with Crippen molar-refractivity contribution < 1.29 is 31.4 Å². The van der Waals surface area contributed by atoms with Crippen LogP contribution in [0.25, 0.3) is 0 Å². The van der Waals surface area contributed by atoms with Crippen molar-refractivity contribution in [3.63, 3.8) is 0 Å². The molecule has 0 spiro atoms. The van der Waals surface area contributed by atoms with Gasteiger partial charge in [0.15, 0.2) is 0 Å². The first-order valence-corrected chi connectivity index (χ1v) is 11.4. The molecule has 1 aromatic carbocycles. The SMILES string of the molecule is C[Si](C)(c1ccc(C(O)(C(F)(F)F)C(F)(F)F)cc1)C1CCCCC1. The average molecular weight is 384 g/mol. The van der Waals surface area contributed by atoms with Gasteiger partial charge in [-0.15, -0.1) is 0 Å². The number of hydrogen-bond donors (Lipinski definition) is 1. The fourth-order valence-electron chi connectivity index (χ4n) is 3.69. The van der Waals surface area contributed by atoms with Gasteiger partial charge in [0.25, 0.3) is 5.60 Å². The Morgan fingerprint density at radius 1 is 0.840 bits per heavy atom. The molecule has 0 amide bonds. The van der Waals surface area contributed by atoms with Crippen LogP contribution in [0.15, 0.2) is 24.3 Å². The van der Waals surface area contributed by atoms with E-state index in [1.165, 1.54) is 18.6 Å². The third-order valence-corrected chi connectivity index (χ3v) is 9.93. The summed E-state index contributed by atoms with van der Waals surface area (Å²) in [6.07, 6.45) is -6.19. The third-order valence-electron chi connectivity index (χ3n) is 5.49. The van der Waals surface area contributed by atoms with E-state index >= 15 is 0 Å². The minimum absolute atomic E-state index is 0.469. The van der Waals surface area contributed by atoms with Crippen molar-refractivity contribution in [2.45, 2.75) is 68.7 Å². The van der Waals surface area contributed by atoms with Crippen LogP contribution in [0, 0.1) is 0 Å². The molecule has 142 valence electrons. The second-order valence-electron chi connectivity index (χ2n) is 7.34. The average Bonchev–Trinajstić information content (AvgIpc) is 2.53. The summed E-state index contributed by atoms with van der Waals surface area (Å²) in [7, 11) is -2.00. The minimum atomic E-state index is -5.84. The topological polar surface area (TPSA) is 20.2 Å². The second kappa shape index (κ2) is 6.61. The van der Waals surface area contributed by atoms with E-state index in [2.05, 4.69) is 13.1 Å². The zero-order valence-corrected chi connectivity index (χ0v) is 15.1. The normalized spacial score (nSPS) is 18.4. The fraction of sp³-hybridized carbons (Fsp3) is 0.647. The van der Waals surface area contributed by atoms with E-state index in [4.69, 9.17) is 0 Å². The molecular formula is C17H22F6OSi. The van der Waals surface area contributed by atoms with E-state index in [-0.39, 0.29) is 0 Å². The van der Waals surface area contributed by atoms with Gasteiger partial charge in [-0.1, -0.05) is 74.7 Å². The minimum Gasteiger partial charge on any atom is -0.369 e. The number of halogens is 6. The molecule has 0 atom stereocenters. The maximum absolute atomic E-state index is 12.9. The molecule has 1 saturated carbocycles. The van der Waals surface area contributed by atoms with Crippen LogP contribution in [0.4, 0.5) is 26.3 Å². The molecule has 1 aliphatic carbocycles. The summed E-state index contributed by atoms with van der Waals surface area (Å²) in [6, 6.07) is 4.21. The Kier molecular flexibility index (Phi) is 5.36. The third kappa shape index (κ3) is 3.60. The lowest BCUT2D eigenvalue weighted by atomic mass is 9.92. The van der Waals surface area contributed by atoms with Crippen molar-refractivity contribution in [3.8, 4) is 0 Å². The van der Waals surface area contributed by atoms with E-state index < -0.39 is 31.6 Å². The Labute approximate surface area is 144 Å². The molecule has 25 heavy (non-hydrogen) atoms. The van der Waals surface area contributed by atoms with Crippen molar-refractivity contribution in [2.75, 3.05) is 0 Å². The fourth-order valence-corrected chi connectivity index (χ4v) is 7.04. The van der Waals surface area contributed by atoms with Gasteiger partial charge in [-0.05, 0) is 5.54 Å². The van der Waals surface area contributed by atoms with Gasteiger partial charge in [0.2, 0.25) is 0 Å². The summed E-state index contributed by atoms with van der Waals surface area (Å²) in [4.78, 5) is 0. The predicted octanol–water partition coefficient (Wildman–Crippen LogP) is 5.25. The number of hydrogen-bond acceptors (Lipinski definition) is 1. The van der Waals surface area contributed by atoms with Crippen molar-refractivity contribution in [1.82, 2.24) is 0 Å². The van der Waals surface area contributed by atoms with Crippen molar-refractivity contribution in [2.24, 2.45) is 0 Å². The molecule has 0 aromatic heterocycles.